The van der Waals surface area contributed by atoms with Crippen LogP contribution in [0, 0.1) is 5.92 Å². The van der Waals surface area contributed by atoms with Crippen molar-refractivity contribution in [3.8, 4) is 0 Å². The summed E-state index contributed by atoms with van der Waals surface area (Å²) >= 11 is 0. The lowest BCUT2D eigenvalue weighted by Gasteiger charge is -2.35. The van der Waals surface area contributed by atoms with Crippen LogP contribution in [0.2, 0.25) is 0 Å². The summed E-state index contributed by atoms with van der Waals surface area (Å²) in [7, 11) is 0. The van der Waals surface area contributed by atoms with Gasteiger partial charge in [-0.1, -0.05) is 0 Å². The van der Waals surface area contributed by atoms with E-state index in [1.54, 1.807) is 0 Å². The Hall–Kier alpha value is -1.24. The fraction of sp³-hybridized carbons (Fsp3) is 0.750. The molecular weight excluding hydrogens is 286 g/mol. The third kappa shape index (κ3) is 4.63. The van der Waals surface area contributed by atoms with Crippen molar-refractivity contribution in [2.45, 2.75) is 45.3 Å². The highest BCUT2D eigenvalue weighted by molar-refractivity contribution is 6.16. The molecule has 6 heteroatoms. The Kier molecular flexibility index (Phi) is 6.54. The van der Waals surface area contributed by atoms with E-state index in [4.69, 9.17) is 14.2 Å². The van der Waals surface area contributed by atoms with E-state index in [9.17, 15) is 9.59 Å². The van der Waals surface area contributed by atoms with Gasteiger partial charge in [0.2, 0.25) is 0 Å². The summed E-state index contributed by atoms with van der Waals surface area (Å²) in [5.41, 5.74) is 0.390. The number of hydrogen-bond donors (Lipinski definition) is 1. The molecule has 124 valence electrons. The molecule has 1 heterocycles. The van der Waals surface area contributed by atoms with Crippen LogP contribution in [0.5, 0.6) is 0 Å². The Labute approximate surface area is 131 Å². The Morgan fingerprint density at radius 1 is 1.18 bits per heavy atom. The number of nitrogens with one attached hydrogen (secondary N) is 1. The molecule has 0 saturated heterocycles. The standard InChI is InChI=1S/C16H25NO5/c1-3-21-13-6-5-11(14(8-13)22-4-2)9-20-10-12-7-15(18)17-16(12)19/h7,11,13-14H,3-6,8-10H2,1-2H3,(H,17,18,19)/t11-,13?,14?/m0/s1. The predicted molar refractivity (Wildman–Crippen MR) is 80.2 cm³/mol. The summed E-state index contributed by atoms with van der Waals surface area (Å²) in [5.74, 6) is -0.420. The van der Waals surface area contributed by atoms with Gasteiger partial charge in [0.1, 0.15) is 0 Å². The molecule has 1 fully saturated rings. The Bertz CT molecular complexity index is 434. The van der Waals surface area contributed by atoms with Crippen molar-refractivity contribution >= 4 is 11.8 Å². The van der Waals surface area contributed by atoms with Crippen molar-refractivity contribution in [2.24, 2.45) is 5.92 Å². The molecule has 1 aliphatic carbocycles. The summed E-state index contributed by atoms with van der Waals surface area (Å²) in [6.07, 6.45) is 4.57. The molecule has 22 heavy (non-hydrogen) atoms. The molecule has 0 aromatic heterocycles. The molecule has 0 bridgehead atoms. The molecule has 0 aromatic carbocycles. The summed E-state index contributed by atoms with van der Waals surface area (Å²) in [6, 6.07) is 0. The average molecular weight is 311 g/mol. The summed E-state index contributed by atoms with van der Waals surface area (Å²) in [5, 5.41) is 2.21. The zero-order valence-electron chi connectivity index (χ0n) is 13.3. The predicted octanol–water partition coefficient (Wildman–Crippen LogP) is 1.20. The monoisotopic (exact) mass is 311 g/mol. The highest BCUT2D eigenvalue weighted by atomic mass is 16.5. The van der Waals surface area contributed by atoms with E-state index in [0.717, 1.165) is 25.9 Å². The zero-order chi connectivity index (χ0) is 15.9. The quantitative estimate of drug-likeness (QED) is 0.682. The van der Waals surface area contributed by atoms with Crippen LogP contribution < -0.4 is 5.32 Å². The zero-order valence-corrected chi connectivity index (χ0v) is 13.3. The molecule has 2 aliphatic rings. The van der Waals surface area contributed by atoms with E-state index in [1.165, 1.54) is 6.08 Å². The number of hydrogen-bond acceptors (Lipinski definition) is 5. The number of carbonyl (C=O) groups is 2. The van der Waals surface area contributed by atoms with E-state index >= 15 is 0 Å². The molecule has 2 rings (SSSR count). The van der Waals surface area contributed by atoms with E-state index in [0.29, 0.717) is 24.7 Å². The molecular formula is C16H25NO5. The second-order valence-corrected chi connectivity index (χ2v) is 5.65. The van der Waals surface area contributed by atoms with Crippen molar-refractivity contribution in [3.05, 3.63) is 11.6 Å². The summed E-state index contributed by atoms with van der Waals surface area (Å²) < 4.78 is 17.2. The van der Waals surface area contributed by atoms with E-state index in [2.05, 4.69) is 5.32 Å². The molecule has 2 amide bonds. The second-order valence-electron chi connectivity index (χ2n) is 5.65. The smallest absolute Gasteiger partial charge is 0.256 e. The van der Waals surface area contributed by atoms with E-state index in [1.807, 2.05) is 13.8 Å². The van der Waals surface area contributed by atoms with Gasteiger partial charge in [0.15, 0.2) is 0 Å². The molecule has 1 N–H and O–H groups in total. The highest BCUT2D eigenvalue weighted by Gasteiger charge is 2.32. The van der Waals surface area contributed by atoms with Gasteiger partial charge < -0.3 is 14.2 Å². The maximum atomic E-state index is 11.4. The Morgan fingerprint density at radius 2 is 1.95 bits per heavy atom. The minimum absolute atomic E-state index is 0.128. The molecule has 2 unspecified atom stereocenters. The number of amides is 2. The fourth-order valence-electron chi connectivity index (χ4n) is 3.03. The summed E-state index contributed by atoms with van der Waals surface area (Å²) in [4.78, 5) is 22.5. The lowest BCUT2D eigenvalue weighted by molar-refractivity contribution is -0.124. The summed E-state index contributed by atoms with van der Waals surface area (Å²) in [6.45, 7) is 6.09. The third-order valence-corrected chi connectivity index (χ3v) is 4.09. The average Bonchev–Trinajstić information content (AvgIpc) is 2.80. The van der Waals surface area contributed by atoms with Crippen LogP contribution >= 0.6 is 0 Å². The first-order chi connectivity index (χ1) is 10.6. The van der Waals surface area contributed by atoms with Crippen molar-refractivity contribution in [2.75, 3.05) is 26.4 Å². The normalized spacial score (nSPS) is 28.6. The van der Waals surface area contributed by atoms with Gasteiger partial charge in [-0.2, -0.15) is 0 Å². The van der Waals surface area contributed by atoms with Gasteiger partial charge in [-0.25, -0.2) is 0 Å². The Balaban J connectivity index is 1.79. The number of ether oxygens (including phenoxy) is 3. The van der Waals surface area contributed by atoms with Gasteiger partial charge in [0.05, 0.1) is 25.4 Å². The molecule has 0 spiro atoms. The van der Waals surface area contributed by atoms with Crippen LogP contribution in [0.1, 0.15) is 33.1 Å². The SMILES string of the molecule is CCOC1CC[C@@H](COCC2=CC(=O)NC2=O)C(OCC)C1. The topological polar surface area (TPSA) is 73.9 Å². The van der Waals surface area contributed by atoms with Crippen molar-refractivity contribution < 1.29 is 23.8 Å². The molecule has 3 atom stereocenters. The van der Waals surface area contributed by atoms with Crippen molar-refractivity contribution in [1.82, 2.24) is 5.32 Å². The number of carbonyl (C=O) groups excluding carboxylic acids is 2. The fourth-order valence-corrected chi connectivity index (χ4v) is 3.03. The molecule has 0 radical (unpaired) electrons. The van der Waals surface area contributed by atoms with Crippen molar-refractivity contribution in [3.63, 3.8) is 0 Å². The van der Waals surface area contributed by atoms with Gasteiger partial charge in [0.25, 0.3) is 11.8 Å². The van der Waals surface area contributed by atoms with Gasteiger partial charge in [0, 0.05) is 37.2 Å². The van der Waals surface area contributed by atoms with Gasteiger partial charge >= 0.3 is 0 Å². The van der Waals surface area contributed by atoms with Crippen LogP contribution in [-0.2, 0) is 23.8 Å². The largest absolute Gasteiger partial charge is 0.378 e. The third-order valence-electron chi connectivity index (χ3n) is 4.09. The first-order valence-electron chi connectivity index (χ1n) is 8.00. The minimum Gasteiger partial charge on any atom is -0.378 e. The van der Waals surface area contributed by atoms with Gasteiger partial charge in [-0.3, -0.25) is 14.9 Å². The Morgan fingerprint density at radius 3 is 2.59 bits per heavy atom. The number of imide groups is 1. The van der Waals surface area contributed by atoms with Crippen LogP contribution in [0.25, 0.3) is 0 Å². The second kappa shape index (κ2) is 8.41. The van der Waals surface area contributed by atoms with Crippen LogP contribution in [0.15, 0.2) is 11.6 Å². The van der Waals surface area contributed by atoms with E-state index in [-0.39, 0.29) is 30.6 Å². The lowest BCUT2D eigenvalue weighted by Crippen LogP contribution is -2.38. The highest BCUT2D eigenvalue weighted by Crippen LogP contribution is 2.29. The maximum Gasteiger partial charge on any atom is 0.256 e. The van der Waals surface area contributed by atoms with Crippen LogP contribution in [-0.4, -0.2) is 50.4 Å². The number of rotatable bonds is 8. The molecule has 1 aliphatic heterocycles. The minimum atomic E-state index is -0.368. The molecule has 0 aromatic rings. The molecule has 1 saturated carbocycles. The van der Waals surface area contributed by atoms with Crippen LogP contribution in [0.4, 0.5) is 0 Å². The van der Waals surface area contributed by atoms with E-state index < -0.39 is 0 Å². The molecule has 6 nitrogen and oxygen atoms in total. The maximum absolute atomic E-state index is 11.4. The lowest BCUT2D eigenvalue weighted by atomic mass is 9.85. The van der Waals surface area contributed by atoms with Crippen LogP contribution in [0.3, 0.4) is 0 Å². The first-order valence-corrected chi connectivity index (χ1v) is 8.00. The van der Waals surface area contributed by atoms with Gasteiger partial charge in [-0.05, 0) is 26.7 Å². The van der Waals surface area contributed by atoms with Gasteiger partial charge in [-0.15, -0.1) is 0 Å². The van der Waals surface area contributed by atoms with Crippen molar-refractivity contribution in [1.29, 1.82) is 0 Å². The first kappa shape index (κ1) is 17.1.